The van der Waals surface area contributed by atoms with Crippen molar-refractivity contribution in [3.8, 4) is 0 Å². The van der Waals surface area contributed by atoms with Gasteiger partial charge >= 0.3 is 0 Å². The predicted octanol–water partition coefficient (Wildman–Crippen LogP) is 3.41. The molecule has 0 aliphatic rings. The molecule has 3 N–H and O–H groups in total. The maximum Gasteiger partial charge on any atom is 0.191 e. The van der Waals surface area contributed by atoms with Crippen LogP contribution in [0.25, 0.3) is 0 Å². The zero-order chi connectivity index (χ0) is 18.1. The van der Waals surface area contributed by atoms with Crippen LogP contribution in [0.5, 0.6) is 0 Å². The number of benzene rings is 2. The van der Waals surface area contributed by atoms with Crippen LogP contribution in [-0.4, -0.2) is 30.7 Å². The molecule has 0 aliphatic heterocycles. The molecule has 0 spiro atoms. The summed E-state index contributed by atoms with van der Waals surface area (Å²) in [6.45, 7) is 3.25. The van der Waals surface area contributed by atoms with Gasteiger partial charge in [-0.1, -0.05) is 30.3 Å². The lowest BCUT2D eigenvalue weighted by Crippen LogP contribution is -2.38. The molecule has 0 fully saturated rings. The van der Waals surface area contributed by atoms with Crippen molar-refractivity contribution in [3.63, 3.8) is 0 Å². The Labute approximate surface area is 169 Å². The fraction of sp³-hybridized carbons (Fsp3) is 0.316. The highest BCUT2D eigenvalue weighted by Gasteiger charge is 2.08. The van der Waals surface area contributed by atoms with Gasteiger partial charge in [0.15, 0.2) is 5.96 Å². The minimum absolute atomic E-state index is 0. The zero-order valence-electron chi connectivity index (χ0n) is 14.6. The molecule has 1 unspecified atom stereocenters. The molecule has 0 aliphatic carbocycles. The van der Waals surface area contributed by atoms with Gasteiger partial charge in [0.2, 0.25) is 0 Å². The highest BCUT2D eigenvalue weighted by atomic mass is 127. The first kappa shape index (κ1) is 22.3. The summed E-state index contributed by atoms with van der Waals surface area (Å²) in [6.07, 6.45) is -0.292. The standard InChI is InChI=1S/C19H23F2N3O.HI/c1-2-22-19(23-12-11-14-5-3-4-6-17(14)21)24-13-18(25)15-7-9-16(20)10-8-15;/h3-10,18,25H,2,11-13H2,1H3,(H2,22,23,24);1H. The summed E-state index contributed by atoms with van der Waals surface area (Å²) in [5, 5.41) is 16.3. The van der Waals surface area contributed by atoms with Crippen LogP contribution in [0.1, 0.15) is 24.2 Å². The SMILES string of the molecule is CCNC(=NCC(O)c1ccc(F)cc1)NCCc1ccccc1F.I. The van der Waals surface area contributed by atoms with Crippen molar-refractivity contribution in [1.29, 1.82) is 0 Å². The average Bonchev–Trinajstić information content (AvgIpc) is 2.61. The second-order valence-corrected chi connectivity index (χ2v) is 5.56. The Morgan fingerprint density at radius 1 is 1.08 bits per heavy atom. The second-order valence-electron chi connectivity index (χ2n) is 5.56. The Morgan fingerprint density at radius 3 is 2.42 bits per heavy atom. The van der Waals surface area contributed by atoms with Crippen molar-refractivity contribution in [1.82, 2.24) is 10.6 Å². The van der Waals surface area contributed by atoms with Gasteiger partial charge in [-0.05, 0) is 42.7 Å². The molecule has 2 rings (SSSR count). The van der Waals surface area contributed by atoms with Gasteiger partial charge in [0.1, 0.15) is 11.6 Å². The van der Waals surface area contributed by atoms with Crippen molar-refractivity contribution in [2.24, 2.45) is 4.99 Å². The Hall–Kier alpha value is -1.74. The van der Waals surface area contributed by atoms with Crippen molar-refractivity contribution < 1.29 is 13.9 Å². The zero-order valence-corrected chi connectivity index (χ0v) is 16.9. The van der Waals surface area contributed by atoms with Gasteiger partial charge < -0.3 is 15.7 Å². The fourth-order valence-corrected chi connectivity index (χ4v) is 2.33. The van der Waals surface area contributed by atoms with Crippen molar-refractivity contribution >= 4 is 29.9 Å². The second kappa shape index (κ2) is 11.8. The van der Waals surface area contributed by atoms with Gasteiger partial charge in [-0.3, -0.25) is 4.99 Å². The normalized spacial score (nSPS) is 12.2. The van der Waals surface area contributed by atoms with Gasteiger partial charge in [-0.15, -0.1) is 24.0 Å². The molecule has 4 nitrogen and oxygen atoms in total. The number of halogens is 3. The van der Waals surface area contributed by atoms with E-state index in [1.807, 2.05) is 6.92 Å². The lowest BCUT2D eigenvalue weighted by Gasteiger charge is -2.13. The van der Waals surface area contributed by atoms with Crippen LogP contribution in [0.15, 0.2) is 53.5 Å². The number of nitrogens with one attached hydrogen (secondary N) is 2. The molecule has 26 heavy (non-hydrogen) atoms. The summed E-state index contributed by atoms with van der Waals surface area (Å²) in [7, 11) is 0. The molecule has 0 bridgehead atoms. The first-order valence-electron chi connectivity index (χ1n) is 8.29. The summed E-state index contributed by atoms with van der Waals surface area (Å²) in [6, 6.07) is 12.3. The Morgan fingerprint density at radius 2 is 1.77 bits per heavy atom. The van der Waals surface area contributed by atoms with E-state index in [1.165, 1.54) is 30.3 Å². The third kappa shape index (κ3) is 7.25. The van der Waals surface area contributed by atoms with Crippen LogP contribution < -0.4 is 10.6 Å². The van der Waals surface area contributed by atoms with E-state index in [2.05, 4.69) is 15.6 Å². The first-order valence-corrected chi connectivity index (χ1v) is 8.29. The van der Waals surface area contributed by atoms with Crippen LogP contribution in [0, 0.1) is 11.6 Å². The molecular weight excluding hydrogens is 451 g/mol. The van der Waals surface area contributed by atoms with Crippen molar-refractivity contribution in [3.05, 3.63) is 71.3 Å². The van der Waals surface area contributed by atoms with E-state index < -0.39 is 6.10 Å². The van der Waals surface area contributed by atoms with Crippen LogP contribution in [-0.2, 0) is 6.42 Å². The van der Waals surface area contributed by atoms with Crippen LogP contribution >= 0.6 is 24.0 Å². The van der Waals surface area contributed by atoms with E-state index in [0.29, 0.717) is 36.6 Å². The molecule has 2 aromatic carbocycles. The van der Waals surface area contributed by atoms with E-state index in [-0.39, 0.29) is 42.2 Å². The Balaban J connectivity index is 0.00000338. The minimum atomic E-state index is -0.817. The minimum Gasteiger partial charge on any atom is -0.386 e. The number of guanidine groups is 1. The third-order valence-corrected chi connectivity index (χ3v) is 3.67. The molecule has 0 heterocycles. The van der Waals surface area contributed by atoms with Gasteiger partial charge in [0.05, 0.1) is 12.6 Å². The number of rotatable bonds is 7. The van der Waals surface area contributed by atoms with Gasteiger partial charge in [0.25, 0.3) is 0 Å². The van der Waals surface area contributed by atoms with E-state index >= 15 is 0 Å². The summed E-state index contributed by atoms with van der Waals surface area (Å²) in [5.41, 5.74) is 1.24. The highest BCUT2D eigenvalue weighted by Crippen LogP contribution is 2.13. The maximum atomic E-state index is 13.6. The van der Waals surface area contributed by atoms with E-state index in [4.69, 9.17) is 0 Å². The van der Waals surface area contributed by atoms with Gasteiger partial charge in [-0.25, -0.2) is 8.78 Å². The van der Waals surface area contributed by atoms with Gasteiger partial charge in [-0.2, -0.15) is 0 Å². The van der Waals surface area contributed by atoms with Crippen LogP contribution in [0.3, 0.4) is 0 Å². The van der Waals surface area contributed by atoms with Crippen molar-refractivity contribution in [2.45, 2.75) is 19.4 Å². The quantitative estimate of drug-likeness (QED) is 0.327. The Bertz CT molecular complexity index is 695. The average molecular weight is 475 g/mol. The Kier molecular flexibility index (Phi) is 10.1. The molecule has 0 radical (unpaired) electrons. The highest BCUT2D eigenvalue weighted by molar-refractivity contribution is 14.0. The summed E-state index contributed by atoms with van der Waals surface area (Å²) < 4.78 is 26.5. The summed E-state index contributed by atoms with van der Waals surface area (Å²) in [4.78, 5) is 4.32. The monoisotopic (exact) mass is 475 g/mol. The molecule has 0 aromatic heterocycles. The number of hydrogen-bond donors (Lipinski definition) is 3. The topological polar surface area (TPSA) is 56.7 Å². The third-order valence-electron chi connectivity index (χ3n) is 3.67. The molecular formula is C19H24F2IN3O. The number of nitrogens with zero attached hydrogens (tertiary/aromatic N) is 1. The molecule has 2 aromatic rings. The van der Waals surface area contributed by atoms with E-state index in [9.17, 15) is 13.9 Å². The number of hydrogen-bond acceptors (Lipinski definition) is 2. The maximum absolute atomic E-state index is 13.6. The first-order chi connectivity index (χ1) is 12.1. The van der Waals surface area contributed by atoms with E-state index in [0.717, 1.165) is 0 Å². The molecule has 0 saturated heterocycles. The molecule has 1 atom stereocenters. The number of aliphatic hydroxyl groups is 1. The largest absolute Gasteiger partial charge is 0.386 e. The number of aliphatic imine (C=N–C) groups is 1. The van der Waals surface area contributed by atoms with E-state index in [1.54, 1.807) is 18.2 Å². The fourth-order valence-electron chi connectivity index (χ4n) is 2.33. The lowest BCUT2D eigenvalue weighted by atomic mass is 10.1. The van der Waals surface area contributed by atoms with Crippen molar-refractivity contribution in [2.75, 3.05) is 19.6 Å². The van der Waals surface area contributed by atoms with Gasteiger partial charge in [0, 0.05) is 13.1 Å². The van der Waals surface area contributed by atoms with Crippen LogP contribution in [0.4, 0.5) is 8.78 Å². The summed E-state index contributed by atoms with van der Waals surface area (Å²) >= 11 is 0. The number of aliphatic hydroxyl groups excluding tert-OH is 1. The summed E-state index contributed by atoms with van der Waals surface area (Å²) in [5.74, 6) is -0.0272. The lowest BCUT2D eigenvalue weighted by molar-refractivity contribution is 0.187. The molecule has 7 heteroatoms. The molecule has 0 saturated carbocycles. The predicted molar refractivity (Wildman–Crippen MR) is 111 cm³/mol. The van der Waals surface area contributed by atoms with Crippen LogP contribution in [0.2, 0.25) is 0 Å². The molecule has 142 valence electrons. The smallest absolute Gasteiger partial charge is 0.191 e. The molecule has 0 amide bonds.